The zero-order valence-electron chi connectivity index (χ0n) is 31.8. The zero-order chi connectivity index (χ0) is 37.7. The van der Waals surface area contributed by atoms with Crippen molar-refractivity contribution in [2.24, 2.45) is 11.3 Å². The average Bonchev–Trinajstić information content (AvgIpc) is 3.99. The van der Waals surface area contributed by atoms with Gasteiger partial charge in [0.2, 0.25) is 27.6 Å². The van der Waals surface area contributed by atoms with Crippen molar-refractivity contribution >= 4 is 39.6 Å². The number of ketones is 1. The van der Waals surface area contributed by atoms with Gasteiger partial charge in [-0.15, -0.1) is 0 Å². The molecular weight excluding hydrogens is 673 g/mol. The van der Waals surface area contributed by atoms with Gasteiger partial charge >= 0.3 is 6.03 Å². The number of Topliss-reactive ketones (excluding diaryl/α,β-unsaturated/α-hetero) is 1. The molecule has 0 aromatic heterocycles. The van der Waals surface area contributed by atoms with E-state index in [1.807, 2.05) is 47.6 Å². The number of urea groups is 1. The first-order valence-corrected chi connectivity index (χ1v) is 20.6. The van der Waals surface area contributed by atoms with Gasteiger partial charge in [0.1, 0.15) is 12.1 Å². The van der Waals surface area contributed by atoms with Crippen LogP contribution in [-0.2, 0) is 29.2 Å². The van der Waals surface area contributed by atoms with E-state index in [1.54, 1.807) is 7.05 Å². The third-order valence-electron chi connectivity index (χ3n) is 10.7. The molecule has 0 aromatic carbocycles. The molecule has 5 amide bonds. The van der Waals surface area contributed by atoms with E-state index in [1.165, 1.54) is 9.21 Å². The summed E-state index contributed by atoms with van der Waals surface area (Å²) in [4.78, 5) is 69.9. The predicted molar refractivity (Wildman–Crippen MR) is 196 cm³/mol. The molecule has 0 bridgehead atoms. The van der Waals surface area contributed by atoms with E-state index in [0.29, 0.717) is 32.1 Å². The number of hydrogen-bond donors (Lipinski definition) is 4. The summed E-state index contributed by atoms with van der Waals surface area (Å²) in [6, 6.07) is -3.65. The first-order chi connectivity index (χ1) is 23.9. The fourth-order valence-corrected chi connectivity index (χ4v) is 9.38. The van der Waals surface area contributed by atoms with E-state index in [0.717, 1.165) is 56.9 Å². The van der Waals surface area contributed by atoms with Crippen molar-refractivity contribution in [3.63, 3.8) is 0 Å². The Morgan fingerprint density at radius 3 is 2.16 bits per heavy atom. The second-order valence-corrected chi connectivity index (χ2v) is 18.8. The number of nitrogens with one attached hydrogen (secondary N) is 4. The number of carbonyl (C=O) groups is 5. The normalized spacial score (nSPS) is 23.2. The summed E-state index contributed by atoms with van der Waals surface area (Å²) in [6.07, 6.45) is 11.0. The second-order valence-electron chi connectivity index (χ2n) is 16.7. The third kappa shape index (κ3) is 11.0. The standard InChI is InChI=1S/C37H62N6O7S/c1-8-9-13-28(30(44)33(46)38-26-14-15-26)39-32(45)29-25(22-24(2)3)18-21-43(29)34(47)31(36(4,5)6)40-35(48)41-37(19-11-10-12-20-37)23-51(49,50)42(7)27-16-17-27/h22,25-29,31H,8-21,23H2,1-7H3,(H,38,46)(H,39,45)(H2,40,41,48)/t25-,28+,29+,31-/m1/s1. The molecule has 3 saturated carbocycles. The second kappa shape index (κ2) is 16.8. The van der Waals surface area contributed by atoms with Crippen LogP contribution in [0.1, 0.15) is 125 Å². The molecule has 0 unspecified atom stereocenters. The first kappa shape index (κ1) is 40.8. The van der Waals surface area contributed by atoms with Crippen LogP contribution in [0, 0.1) is 11.3 Å². The van der Waals surface area contributed by atoms with Gasteiger partial charge in [-0.2, -0.15) is 0 Å². The number of sulfonamides is 1. The molecule has 51 heavy (non-hydrogen) atoms. The van der Waals surface area contributed by atoms with Crippen molar-refractivity contribution in [1.82, 2.24) is 30.5 Å². The van der Waals surface area contributed by atoms with Crippen molar-refractivity contribution in [3.8, 4) is 0 Å². The molecule has 4 N–H and O–H groups in total. The molecule has 4 fully saturated rings. The van der Waals surface area contributed by atoms with Crippen molar-refractivity contribution in [1.29, 1.82) is 0 Å². The summed E-state index contributed by atoms with van der Waals surface area (Å²) >= 11 is 0. The highest BCUT2D eigenvalue weighted by molar-refractivity contribution is 7.89. The van der Waals surface area contributed by atoms with Crippen molar-refractivity contribution < 1.29 is 32.4 Å². The summed E-state index contributed by atoms with van der Waals surface area (Å²) in [5.74, 6) is -2.89. The lowest BCUT2D eigenvalue weighted by Gasteiger charge is -2.40. The summed E-state index contributed by atoms with van der Waals surface area (Å²) in [6.45, 7) is 11.6. The van der Waals surface area contributed by atoms with Gasteiger partial charge in [0, 0.05) is 31.6 Å². The van der Waals surface area contributed by atoms with Crippen molar-refractivity contribution in [2.45, 2.75) is 161 Å². The fraction of sp³-hybridized carbons (Fsp3) is 0.811. The van der Waals surface area contributed by atoms with Crippen LogP contribution >= 0.6 is 0 Å². The number of hydrogen-bond acceptors (Lipinski definition) is 7. The largest absolute Gasteiger partial charge is 0.347 e. The smallest absolute Gasteiger partial charge is 0.315 e. The van der Waals surface area contributed by atoms with E-state index in [2.05, 4.69) is 21.3 Å². The number of rotatable bonds is 16. The Balaban J connectivity index is 1.55. The Morgan fingerprint density at radius 1 is 0.961 bits per heavy atom. The average molecular weight is 735 g/mol. The Bertz CT molecular complexity index is 1440. The van der Waals surface area contributed by atoms with Crippen molar-refractivity contribution in [2.75, 3.05) is 19.3 Å². The van der Waals surface area contributed by atoms with E-state index in [-0.39, 0.29) is 30.3 Å². The fourth-order valence-electron chi connectivity index (χ4n) is 7.45. The van der Waals surface area contributed by atoms with Gasteiger partial charge < -0.3 is 26.2 Å². The Morgan fingerprint density at radius 2 is 1.61 bits per heavy atom. The predicted octanol–water partition coefficient (Wildman–Crippen LogP) is 3.53. The van der Waals surface area contributed by atoms with Gasteiger partial charge in [0.15, 0.2) is 0 Å². The molecule has 4 aliphatic rings. The SMILES string of the molecule is CCCC[C@H](NC(=O)[C@@H]1[C@@H](C=C(C)C)CCN1C(=O)[C@@H](NC(=O)NC1(CS(=O)(=O)N(C)C2CC2)CCCCC1)C(C)(C)C)C(=O)C(=O)NC1CC1. The van der Waals surface area contributed by atoms with Crippen LogP contribution in [0.25, 0.3) is 0 Å². The molecule has 13 nitrogen and oxygen atoms in total. The summed E-state index contributed by atoms with van der Waals surface area (Å²) in [7, 11) is -2.03. The van der Waals surface area contributed by atoms with Crippen LogP contribution in [0.3, 0.4) is 0 Å². The van der Waals surface area contributed by atoms with Gasteiger partial charge in [0.05, 0.1) is 17.3 Å². The minimum absolute atomic E-state index is 0.00512. The van der Waals surface area contributed by atoms with Crippen LogP contribution < -0.4 is 21.3 Å². The maximum atomic E-state index is 14.5. The lowest BCUT2D eigenvalue weighted by molar-refractivity contribution is -0.144. The number of likely N-dealkylation sites (tertiary alicyclic amines) is 1. The van der Waals surface area contributed by atoms with E-state index in [4.69, 9.17) is 0 Å². The molecule has 0 radical (unpaired) electrons. The maximum absolute atomic E-state index is 14.5. The van der Waals surface area contributed by atoms with E-state index >= 15 is 0 Å². The molecule has 288 valence electrons. The summed E-state index contributed by atoms with van der Waals surface area (Å²) in [5, 5.41) is 11.5. The number of allylic oxidation sites excluding steroid dienone is 1. The van der Waals surface area contributed by atoms with Gasteiger partial charge in [-0.05, 0) is 70.6 Å². The minimum Gasteiger partial charge on any atom is -0.347 e. The van der Waals surface area contributed by atoms with Crippen LogP contribution in [0.4, 0.5) is 4.79 Å². The van der Waals surface area contributed by atoms with Gasteiger partial charge in [0.25, 0.3) is 5.91 Å². The minimum atomic E-state index is -3.63. The molecule has 0 spiro atoms. The molecule has 1 saturated heterocycles. The molecule has 14 heteroatoms. The van der Waals surface area contributed by atoms with Crippen LogP contribution in [0.5, 0.6) is 0 Å². The van der Waals surface area contributed by atoms with Gasteiger partial charge in [-0.25, -0.2) is 17.5 Å². The Labute approximate surface area is 304 Å². The zero-order valence-corrected chi connectivity index (χ0v) is 32.6. The summed E-state index contributed by atoms with van der Waals surface area (Å²) in [5.41, 5.74) is -0.770. The molecule has 3 aliphatic carbocycles. The van der Waals surface area contributed by atoms with Gasteiger partial charge in [-0.1, -0.05) is 71.4 Å². The van der Waals surface area contributed by atoms with Gasteiger partial charge in [-0.3, -0.25) is 19.2 Å². The quantitative estimate of drug-likeness (QED) is 0.139. The Kier molecular flexibility index (Phi) is 13.4. The maximum Gasteiger partial charge on any atom is 0.315 e. The van der Waals surface area contributed by atoms with Crippen molar-refractivity contribution in [3.05, 3.63) is 11.6 Å². The number of unbranched alkanes of at least 4 members (excludes halogenated alkanes) is 1. The van der Waals surface area contributed by atoms with Crippen LogP contribution in [0.2, 0.25) is 0 Å². The molecular formula is C37H62N6O7S. The number of nitrogens with zero attached hydrogens (tertiary/aromatic N) is 2. The first-order valence-electron chi connectivity index (χ1n) is 19.0. The topological polar surface area (TPSA) is 174 Å². The molecule has 1 aliphatic heterocycles. The molecule has 4 rings (SSSR count). The highest BCUT2D eigenvalue weighted by Gasteiger charge is 2.48. The van der Waals surface area contributed by atoms with Crippen LogP contribution in [-0.4, -0.2) is 102 Å². The van der Waals surface area contributed by atoms with Crippen LogP contribution in [0.15, 0.2) is 11.6 Å². The van der Waals surface area contributed by atoms with E-state index in [9.17, 15) is 32.4 Å². The number of carbonyl (C=O) groups excluding carboxylic acids is 5. The molecule has 1 heterocycles. The monoisotopic (exact) mass is 734 g/mol. The molecule has 0 aromatic rings. The Hall–Kier alpha value is -3.00. The third-order valence-corrected chi connectivity index (χ3v) is 12.8. The highest BCUT2D eigenvalue weighted by atomic mass is 32.2. The van der Waals surface area contributed by atoms with E-state index < -0.39 is 68.6 Å². The molecule has 4 atom stereocenters. The highest BCUT2D eigenvalue weighted by Crippen LogP contribution is 2.35. The number of amides is 5. The lowest BCUT2D eigenvalue weighted by Crippen LogP contribution is -2.63. The summed E-state index contributed by atoms with van der Waals surface area (Å²) < 4.78 is 28.3. The lowest BCUT2D eigenvalue weighted by atomic mass is 9.83.